The van der Waals surface area contributed by atoms with E-state index in [0.717, 1.165) is 11.8 Å². The summed E-state index contributed by atoms with van der Waals surface area (Å²) in [4.78, 5) is 22.7. The molecule has 1 amide bonds. The molecule has 2 aliphatic rings. The number of nitrogens with one attached hydrogen (secondary N) is 1. The lowest BCUT2D eigenvalue weighted by Gasteiger charge is -2.28. The van der Waals surface area contributed by atoms with E-state index in [1.165, 1.54) is 43.9 Å². The summed E-state index contributed by atoms with van der Waals surface area (Å²) < 4.78 is 0. The van der Waals surface area contributed by atoms with Crippen LogP contribution < -0.4 is 5.32 Å². The Morgan fingerprint density at radius 2 is 2.18 bits per heavy atom. The van der Waals surface area contributed by atoms with Gasteiger partial charge in [-0.15, -0.1) is 0 Å². The van der Waals surface area contributed by atoms with Gasteiger partial charge in [0.15, 0.2) is 0 Å². The van der Waals surface area contributed by atoms with Gasteiger partial charge in [-0.3, -0.25) is 14.9 Å². The van der Waals surface area contributed by atoms with Gasteiger partial charge in [0.25, 0.3) is 11.6 Å². The molecule has 0 radical (unpaired) electrons. The molecule has 4 atom stereocenters. The molecule has 22 heavy (non-hydrogen) atoms. The van der Waals surface area contributed by atoms with Crippen LogP contribution >= 0.6 is 11.6 Å². The standard InChI is InChI=1S/C16H19ClN2O3/c1-9(13-7-10-2-3-11(13)6-10)18-16(20)12-4-5-14(17)15(8-12)19(21)22/h4-5,8-11,13H,2-3,6-7H2,1H3,(H,18,20)/t9-,10+,11+,13+/m0/s1. The monoisotopic (exact) mass is 322 g/mol. The Bertz CT molecular complexity index is 619. The van der Waals surface area contributed by atoms with Gasteiger partial charge in [0.2, 0.25) is 0 Å². The van der Waals surface area contributed by atoms with E-state index in [1.807, 2.05) is 6.92 Å². The zero-order valence-electron chi connectivity index (χ0n) is 12.4. The van der Waals surface area contributed by atoms with Crippen LogP contribution in [0.5, 0.6) is 0 Å². The fourth-order valence-electron chi connectivity index (χ4n) is 4.10. The van der Waals surface area contributed by atoms with Gasteiger partial charge >= 0.3 is 0 Å². The number of nitro benzene ring substituents is 1. The first-order valence-corrected chi connectivity index (χ1v) is 8.08. The van der Waals surface area contributed by atoms with E-state index in [2.05, 4.69) is 5.32 Å². The first-order valence-electron chi connectivity index (χ1n) is 7.70. The predicted octanol–water partition coefficient (Wildman–Crippen LogP) is 3.80. The van der Waals surface area contributed by atoms with Crippen molar-refractivity contribution < 1.29 is 9.72 Å². The number of nitrogens with zero attached hydrogens (tertiary/aromatic N) is 1. The molecule has 2 aliphatic carbocycles. The van der Waals surface area contributed by atoms with E-state index in [0.29, 0.717) is 5.92 Å². The van der Waals surface area contributed by atoms with Crippen molar-refractivity contribution in [3.05, 3.63) is 38.9 Å². The van der Waals surface area contributed by atoms with Gasteiger partial charge in [-0.2, -0.15) is 0 Å². The summed E-state index contributed by atoms with van der Waals surface area (Å²) in [6, 6.07) is 4.26. The Morgan fingerprint density at radius 3 is 2.77 bits per heavy atom. The summed E-state index contributed by atoms with van der Waals surface area (Å²) in [5, 5.41) is 14.0. The van der Waals surface area contributed by atoms with Crippen molar-refractivity contribution in [1.82, 2.24) is 5.32 Å². The number of halogens is 1. The maximum atomic E-state index is 12.3. The van der Waals surface area contributed by atoms with E-state index in [1.54, 1.807) is 0 Å². The zero-order valence-corrected chi connectivity index (χ0v) is 13.2. The topological polar surface area (TPSA) is 72.2 Å². The summed E-state index contributed by atoms with van der Waals surface area (Å²) in [5.74, 6) is 1.81. The highest BCUT2D eigenvalue weighted by Gasteiger charge is 2.42. The van der Waals surface area contributed by atoms with Crippen LogP contribution in [-0.2, 0) is 0 Å². The van der Waals surface area contributed by atoms with Gasteiger partial charge in [0.1, 0.15) is 5.02 Å². The molecule has 2 saturated carbocycles. The molecule has 2 bridgehead atoms. The SMILES string of the molecule is C[C@H](NC(=O)c1ccc(Cl)c([N+](=O)[O-])c1)[C@H]1C[C@@H]2CC[C@@H]1C2. The lowest BCUT2D eigenvalue weighted by atomic mass is 9.84. The minimum atomic E-state index is -0.571. The van der Waals surface area contributed by atoms with Crippen LogP contribution in [0.3, 0.4) is 0 Å². The van der Waals surface area contributed by atoms with Crippen molar-refractivity contribution in [3.8, 4) is 0 Å². The number of hydrogen-bond acceptors (Lipinski definition) is 3. The van der Waals surface area contributed by atoms with Crippen molar-refractivity contribution >= 4 is 23.2 Å². The summed E-state index contributed by atoms with van der Waals surface area (Å²) >= 11 is 5.77. The van der Waals surface area contributed by atoms with Crippen molar-refractivity contribution in [2.24, 2.45) is 17.8 Å². The second-order valence-corrected chi connectivity index (χ2v) is 6.93. The number of carbonyl (C=O) groups excluding carboxylic acids is 1. The molecular weight excluding hydrogens is 304 g/mol. The zero-order chi connectivity index (χ0) is 15.9. The van der Waals surface area contributed by atoms with Gasteiger partial charge < -0.3 is 5.32 Å². The molecule has 0 heterocycles. The molecule has 6 heteroatoms. The quantitative estimate of drug-likeness (QED) is 0.677. The Hall–Kier alpha value is -1.62. The van der Waals surface area contributed by atoms with Crippen LogP contribution in [0.25, 0.3) is 0 Å². The fraction of sp³-hybridized carbons (Fsp3) is 0.562. The molecule has 5 nitrogen and oxygen atoms in total. The van der Waals surface area contributed by atoms with E-state index >= 15 is 0 Å². The number of amides is 1. The Balaban J connectivity index is 1.69. The van der Waals surface area contributed by atoms with Crippen LogP contribution in [0.2, 0.25) is 5.02 Å². The smallest absolute Gasteiger partial charge is 0.288 e. The average molecular weight is 323 g/mol. The van der Waals surface area contributed by atoms with Gasteiger partial charge in [0.05, 0.1) is 4.92 Å². The van der Waals surface area contributed by atoms with E-state index in [4.69, 9.17) is 11.6 Å². The normalized spacial score (nSPS) is 27.6. The maximum absolute atomic E-state index is 12.3. The second kappa shape index (κ2) is 5.88. The van der Waals surface area contributed by atoms with Gasteiger partial charge in [-0.1, -0.05) is 18.0 Å². The van der Waals surface area contributed by atoms with Gasteiger partial charge in [0, 0.05) is 17.7 Å². The highest BCUT2D eigenvalue weighted by molar-refractivity contribution is 6.32. The lowest BCUT2D eigenvalue weighted by molar-refractivity contribution is -0.384. The number of hydrogen-bond donors (Lipinski definition) is 1. The highest BCUT2D eigenvalue weighted by Crippen LogP contribution is 2.49. The Labute approximate surface area is 134 Å². The summed E-state index contributed by atoms with van der Waals surface area (Å²) in [6.45, 7) is 2.04. The van der Waals surface area contributed by atoms with E-state index < -0.39 is 4.92 Å². The molecule has 0 spiro atoms. The molecule has 0 saturated heterocycles. The van der Waals surface area contributed by atoms with Crippen LogP contribution in [0, 0.1) is 27.9 Å². The second-order valence-electron chi connectivity index (χ2n) is 6.52. The summed E-state index contributed by atoms with van der Waals surface area (Å²) in [5.41, 5.74) is 0.0491. The molecule has 1 aromatic rings. The molecule has 3 rings (SSSR count). The number of fused-ring (bicyclic) bond motifs is 2. The minimum absolute atomic E-state index is 0.0442. The van der Waals surface area contributed by atoms with Gasteiger partial charge in [-0.25, -0.2) is 0 Å². The molecular formula is C16H19ClN2O3. The Kier molecular flexibility index (Phi) is 4.08. The van der Waals surface area contributed by atoms with Crippen LogP contribution in [0.4, 0.5) is 5.69 Å². The van der Waals surface area contributed by atoms with Crippen LogP contribution in [0.1, 0.15) is 43.0 Å². The van der Waals surface area contributed by atoms with Crippen molar-refractivity contribution in [2.75, 3.05) is 0 Å². The minimum Gasteiger partial charge on any atom is -0.349 e. The molecule has 2 fully saturated rings. The number of benzene rings is 1. The van der Waals surface area contributed by atoms with Crippen molar-refractivity contribution in [3.63, 3.8) is 0 Å². The molecule has 0 aliphatic heterocycles. The average Bonchev–Trinajstić information content (AvgIpc) is 3.09. The first kappa shape index (κ1) is 15.3. The van der Waals surface area contributed by atoms with Crippen LogP contribution in [0.15, 0.2) is 18.2 Å². The molecule has 0 unspecified atom stereocenters. The molecule has 0 aromatic heterocycles. The summed E-state index contributed by atoms with van der Waals surface area (Å²) in [7, 11) is 0. The largest absolute Gasteiger partial charge is 0.349 e. The molecule has 1 aromatic carbocycles. The van der Waals surface area contributed by atoms with E-state index in [-0.39, 0.29) is 28.2 Å². The van der Waals surface area contributed by atoms with Gasteiger partial charge in [-0.05, 0) is 56.1 Å². The number of carbonyl (C=O) groups is 1. The number of nitro groups is 1. The van der Waals surface area contributed by atoms with Crippen molar-refractivity contribution in [1.29, 1.82) is 0 Å². The predicted molar refractivity (Wildman–Crippen MR) is 84.0 cm³/mol. The fourth-order valence-corrected chi connectivity index (χ4v) is 4.28. The third-order valence-electron chi connectivity index (χ3n) is 5.20. The molecule has 118 valence electrons. The van der Waals surface area contributed by atoms with Crippen molar-refractivity contribution in [2.45, 2.75) is 38.6 Å². The maximum Gasteiger partial charge on any atom is 0.288 e. The first-order chi connectivity index (χ1) is 10.5. The molecule has 1 N–H and O–H groups in total. The number of rotatable bonds is 4. The highest BCUT2D eigenvalue weighted by atomic mass is 35.5. The van der Waals surface area contributed by atoms with E-state index in [9.17, 15) is 14.9 Å². The third-order valence-corrected chi connectivity index (χ3v) is 5.52. The third kappa shape index (κ3) is 2.82. The Morgan fingerprint density at radius 1 is 1.41 bits per heavy atom. The lowest BCUT2D eigenvalue weighted by Crippen LogP contribution is -2.40. The van der Waals surface area contributed by atoms with Crippen LogP contribution in [-0.4, -0.2) is 16.9 Å². The summed E-state index contributed by atoms with van der Waals surface area (Å²) in [6.07, 6.45) is 5.07.